The van der Waals surface area contributed by atoms with E-state index in [4.69, 9.17) is 0 Å². The third-order valence-corrected chi connectivity index (χ3v) is 6.80. The molecule has 0 unspecified atom stereocenters. The largest absolute Gasteiger partial charge is 0.308 e. The van der Waals surface area contributed by atoms with E-state index >= 15 is 0 Å². The fraction of sp³-hybridized carbons (Fsp3) is 0.333. The highest BCUT2D eigenvalue weighted by atomic mass is 32.2. The van der Waals surface area contributed by atoms with E-state index in [1.165, 1.54) is 17.6 Å². The molecule has 154 valence electrons. The summed E-state index contributed by atoms with van der Waals surface area (Å²) in [5.74, 6) is -0.101. The van der Waals surface area contributed by atoms with Gasteiger partial charge in [-0.05, 0) is 57.8 Å². The Bertz CT molecular complexity index is 1170. The second-order valence-corrected chi connectivity index (χ2v) is 10.5. The Morgan fingerprint density at radius 1 is 1.07 bits per heavy atom. The number of carbonyl (C=O) groups is 1. The zero-order valence-electron chi connectivity index (χ0n) is 17.3. The number of nitrogens with zero attached hydrogens (tertiary/aromatic N) is 3. The van der Waals surface area contributed by atoms with Crippen molar-refractivity contribution in [1.29, 1.82) is 0 Å². The van der Waals surface area contributed by atoms with Crippen molar-refractivity contribution in [2.24, 2.45) is 0 Å². The maximum Gasteiger partial charge on any atom is 0.260 e. The molecule has 0 spiro atoms. The van der Waals surface area contributed by atoms with Crippen molar-refractivity contribution in [3.05, 3.63) is 53.1 Å². The van der Waals surface area contributed by atoms with Gasteiger partial charge in [0.05, 0.1) is 15.1 Å². The molecule has 0 bridgehead atoms. The summed E-state index contributed by atoms with van der Waals surface area (Å²) in [4.78, 5) is 22.0. The summed E-state index contributed by atoms with van der Waals surface area (Å²) >= 11 is 1.33. The first-order chi connectivity index (χ1) is 13.6. The highest BCUT2D eigenvalue weighted by Crippen LogP contribution is 2.31. The first-order valence-electron chi connectivity index (χ1n) is 9.21. The van der Waals surface area contributed by atoms with Crippen LogP contribution in [0, 0.1) is 13.8 Å². The van der Waals surface area contributed by atoms with Gasteiger partial charge in [-0.3, -0.25) is 9.69 Å². The molecule has 2 aromatic carbocycles. The lowest BCUT2D eigenvalue weighted by Crippen LogP contribution is -2.37. The van der Waals surface area contributed by atoms with Crippen LogP contribution in [-0.4, -0.2) is 57.6 Å². The average Bonchev–Trinajstić information content (AvgIpc) is 3.05. The van der Waals surface area contributed by atoms with Crippen LogP contribution in [0.2, 0.25) is 0 Å². The molecular weight excluding hydrogens is 406 g/mol. The highest BCUT2D eigenvalue weighted by molar-refractivity contribution is 7.90. The van der Waals surface area contributed by atoms with Crippen LogP contribution >= 0.6 is 11.3 Å². The summed E-state index contributed by atoms with van der Waals surface area (Å²) in [6.07, 6.45) is 1.18. The number of hydrogen-bond acceptors (Lipinski definition) is 6. The molecule has 0 aliphatic carbocycles. The minimum atomic E-state index is -3.30. The molecule has 0 fully saturated rings. The van der Waals surface area contributed by atoms with Gasteiger partial charge in [-0.15, -0.1) is 0 Å². The van der Waals surface area contributed by atoms with Gasteiger partial charge in [0.15, 0.2) is 15.0 Å². The van der Waals surface area contributed by atoms with E-state index in [0.717, 1.165) is 15.8 Å². The molecule has 0 N–H and O–H groups in total. The molecule has 3 rings (SSSR count). The van der Waals surface area contributed by atoms with E-state index in [-0.39, 0.29) is 10.8 Å². The van der Waals surface area contributed by atoms with Crippen LogP contribution in [0.5, 0.6) is 0 Å². The fourth-order valence-corrected chi connectivity index (χ4v) is 4.69. The SMILES string of the molecule is Cc1ccc(C)c(C(=O)N(CCN(C)C)c2nc3ccc(S(C)(=O)=O)cc3s2)c1. The van der Waals surface area contributed by atoms with Gasteiger partial charge in [0.25, 0.3) is 5.91 Å². The van der Waals surface area contributed by atoms with Gasteiger partial charge in [0, 0.05) is 24.9 Å². The molecule has 29 heavy (non-hydrogen) atoms. The summed E-state index contributed by atoms with van der Waals surface area (Å²) in [7, 11) is 0.607. The lowest BCUT2D eigenvalue weighted by atomic mass is 10.0. The number of aromatic nitrogens is 1. The molecule has 6 nitrogen and oxygen atoms in total. The van der Waals surface area contributed by atoms with Gasteiger partial charge in [-0.25, -0.2) is 13.4 Å². The molecule has 0 aliphatic heterocycles. The van der Waals surface area contributed by atoms with Gasteiger partial charge < -0.3 is 4.90 Å². The summed E-state index contributed by atoms with van der Waals surface area (Å²) in [6.45, 7) is 5.05. The molecule has 0 saturated carbocycles. The molecule has 0 saturated heterocycles. The number of hydrogen-bond donors (Lipinski definition) is 0. The Labute approximate surface area is 175 Å². The van der Waals surface area contributed by atoms with Crippen LogP contribution in [0.3, 0.4) is 0 Å². The quantitative estimate of drug-likeness (QED) is 0.597. The number of carbonyl (C=O) groups excluding carboxylic acids is 1. The van der Waals surface area contributed by atoms with E-state index in [0.29, 0.717) is 29.3 Å². The molecule has 3 aromatic rings. The molecule has 1 heterocycles. The molecule has 8 heteroatoms. The molecule has 0 radical (unpaired) electrons. The minimum absolute atomic E-state index is 0.101. The Kier molecular flexibility index (Phi) is 6.07. The molecule has 1 amide bonds. The first kappa shape index (κ1) is 21.4. The van der Waals surface area contributed by atoms with Crippen molar-refractivity contribution in [2.45, 2.75) is 18.7 Å². The molecule has 0 atom stereocenters. The number of anilines is 1. The van der Waals surface area contributed by atoms with E-state index in [9.17, 15) is 13.2 Å². The Balaban J connectivity index is 2.06. The van der Waals surface area contributed by atoms with E-state index in [1.807, 2.05) is 51.0 Å². The number of benzene rings is 2. The number of thiazole rings is 1. The van der Waals surface area contributed by atoms with Crippen LogP contribution in [0.15, 0.2) is 41.3 Å². The van der Waals surface area contributed by atoms with Crippen LogP contribution in [0.1, 0.15) is 21.5 Å². The van der Waals surface area contributed by atoms with Crippen LogP contribution < -0.4 is 4.90 Å². The number of aryl methyl sites for hydroxylation is 2. The number of fused-ring (bicyclic) bond motifs is 1. The van der Waals surface area contributed by atoms with Crippen LogP contribution in [-0.2, 0) is 9.84 Å². The van der Waals surface area contributed by atoms with Gasteiger partial charge in [-0.1, -0.05) is 29.0 Å². The van der Waals surface area contributed by atoms with Gasteiger partial charge >= 0.3 is 0 Å². The minimum Gasteiger partial charge on any atom is -0.308 e. The second kappa shape index (κ2) is 8.22. The average molecular weight is 432 g/mol. The summed E-state index contributed by atoms with van der Waals surface area (Å²) in [5.41, 5.74) is 3.27. The summed E-state index contributed by atoms with van der Waals surface area (Å²) < 4.78 is 24.5. The number of rotatable bonds is 6. The Hall–Kier alpha value is -2.29. The normalized spacial score (nSPS) is 11.9. The standard InChI is InChI=1S/C21H25N3O3S2/c1-14-6-7-15(2)17(12-14)20(25)24(11-10-23(3)4)21-22-18-9-8-16(29(5,26)27)13-19(18)28-21/h6-9,12-13H,10-11H2,1-5H3. The fourth-order valence-electron chi connectivity index (χ4n) is 2.93. The van der Waals surface area contributed by atoms with E-state index in [1.54, 1.807) is 23.1 Å². The lowest BCUT2D eigenvalue weighted by molar-refractivity contribution is 0.0984. The maximum atomic E-state index is 13.4. The van der Waals surface area contributed by atoms with Gasteiger partial charge in [0.2, 0.25) is 0 Å². The smallest absolute Gasteiger partial charge is 0.260 e. The number of likely N-dealkylation sites (N-methyl/N-ethyl adjacent to an activating group) is 1. The zero-order chi connectivity index (χ0) is 21.3. The second-order valence-electron chi connectivity index (χ2n) is 7.48. The molecule has 1 aromatic heterocycles. The predicted molar refractivity (Wildman–Crippen MR) is 119 cm³/mol. The number of amides is 1. The summed E-state index contributed by atoms with van der Waals surface area (Å²) in [5, 5.41) is 0.568. The van der Waals surface area contributed by atoms with Crippen molar-refractivity contribution in [3.8, 4) is 0 Å². The Morgan fingerprint density at radius 3 is 2.45 bits per heavy atom. The van der Waals surface area contributed by atoms with Crippen LogP contribution in [0.4, 0.5) is 5.13 Å². The number of sulfone groups is 1. The van der Waals surface area contributed by atoms with Crippen molar-refractivity contribution < 1.29 is 13.2 Å². The molecular formula is C21H25N3O3S2. The van der Waals surface area contributed by atoms with Gasteiger partial charge in [0.1, 0.15) is 0 Å². The third kappa shape index (κ3) is 4.83. The van der Waals surface area contributed by atoms with Crippen LogP contribution in [0.25, 0.3) is 10.2 Å². The maximum absolute atomic E-state index is 13.4. The van der Waals surface area contributed by atoms with Crippen molar-refractivity contribution in [3.63, 3.8) is 0 Å². The van der Waals surface area contributed by atoms with Gasteiger partial charge in [-0.2, -0.15) is 0 Å². The zero-order valence-corrected chi connectivity index (χ0v) is 18.9. The first-order valence-corrected chi connectivity index (χ1v) is 11.9. The monoisotopic (exact) mass is 431 g/mol. The van der Waals surface area contributed by atoms with E-state index < -0.39 is 9.84 Å². The highest BCUT2D eigenvalue weighted by Gasteiger charge is 2.23. The topological polar surface area (TPSA) is 70.6 Å². The lowest BCUT2D eigenvalue weighted by Gasteiger charge is -2.23. The summed E-state index contributed by atoms with van der Waals surface area (Å²) in [6, 6.07) is 10.7. The third-order valence-electron chi connectivity index (χ3n) is 4.65. The molecule has 0 aliphatic rings. The van der Waals surface area contributed by atoms with Crippen molar-refractivity contribution in [1.82, 2.24) is 9.88 Å². The van der Waals surface area contributed by atoms with Crippen molar-refractivity contribution >= 4 is 42.4 Å². The van der Waals surface area contributed by atoms with E-state index in [2.05, 4.69) is 4.98 Å². The van der Waals surface area contributed by atoms with Crippen molar-refractivity contribution in [2.75, 3.05) is 38.3 Å². The predicted octanol–water partition coefficient (Wildman–Crippen LogP) is 3.53. The Morgan fingerprint density at radius 2 is 1.79 bits per heavy atom.